The van der Waals surface area contributed by atoms with Gasteiger partial charge in [0, 0.05) is 12.0 Å². The van der Waals surface area contributed by atoms with Crippen LogP contribution in [0.4, 0.5) is 10.7 Å². The zero-order valence-electron chi connectivity index (χ0n) is 13.1. The molecule has 0 spiro atoms. The molecule has 0 bridgehead atoms. The summed E-state index contributed by atoms with van der Waals surface area (Å²) in [5, 5.41) is 18.1. The Hall–Kier alpha value is -2.12. The fourth-order valence-corrected chi connectivity index (χ4v) is 1.74. The zero-order chi connectivity index (χ0) is 16.3. The number of carbonyl (C=O) groups is 2. The van der Waals surface area contributed by atoms with Crippen molar-refractivity contribution in [2.45, 2.75) is 58.5 Å². The van der Waals surface area contributed by atoms with Gasteiger partial charge in [-0.3, -0.25) is 10.1 Å². The maximum absolute atomic E-state index is 12.0. The number of carboxylic acids is 1. The highest BCUT2D eigenvalue weighted by Gasteiger charge is 2.24. The summed E-state index contributed by atoms with van der Waals surface area (Å²) in [6, 6.07) is -0.441. The SMILES string of the molecule is CC(C)(CCC(=O)O)NC(=O)Nc1ncnn1C(C)(C)C. The molecule has 0 unspecified atom stereocenters. The molecule has 3 N–H and O–H groups in total. The van der Waals surface area contributed by atoms with Gasteiger partial charge >= 0.3 is 12.0 Å². The average Bonchev–Trinajstić information content (AvgIpc) is 2.73. The van der Waals surface area contributed by atoms with Crippen LogP contribution in [0.2, 0.25) is 0 Å². The Morgan fingerprint density at radius 1 is 1.29 bits per heavy atom. The maximum atomic E-state index is 12.0. The van der Waals surface area contributed by atoms with Crippen molar-refractivity contribution in [3.05, 3.63) is 6.33 Å². The molecule has 0 saturated heterocycles. The van der Waals surface area contributed by atoms with Gasteiger partial charge in [0.2, 0.25) is 5.95 Å². The first kappa shape index (κ1) is 16.9. The highest BCUT2D eigenvalue weighted by atomic mass is 16.4. The van der Waals surface area contributed by atoms with Crippen molar-refractivity contribution in [3.63, 3.8) is 0 Å². The lowest BCUT2D eigenvalue weighted by atomic mass is 9.99. The van der Waals surface area contributed by atoms with Gasteiger partial charge in [-0.15, -0.1) is 0 Å². The number of aliphatic carboxylic acids is 1. The predicted octanol–water partition coefficient (Wildman–Crippen LogP) is 1.80. The van der Waals surface area contributed by atoms with Gasteiger partial charge in [-0.25, -0.2) is 9.48 Å². The molecule has 2 amide bonds. The van der Waals surface area contributed by atoms with E-state index in [4.69, 9.17) is 5.11 Å². The van der Waals surface area contributed by atoms with Crippen LogP contribution in [-0.4, -0.2) is 37.4 Å². The molecule has 0 radical (unpaired) electrons. The number of aromatic nitrogens is 3. The van der Waals surface area contributed by atoms with E-state index in [1.165, 1.54) is 6.33 Å². The fourth-order valence-electron chi connectivity index (χ4n) is 1.74. The Bertz CT molecular complexity index is 516. The molecule has 1 heterocycles. The Morgan fingerprint density at radius 2 is 1.90 bits per heavy atom. The van der Waals surface area contributed by atoms with Crippen LogP contribution >= 0.6 is 0 Å². The van der Waals surface area contributed by atoms with Gasteiger partial charge in [0.1, 0.15) is 6.33 Å². The third-order valence-electron chi connectivity index (χ3n) is 2.82. The van der Waals surface area contributed by atoms with Gasteiger partial charge in [-0.05, 0) is 41.0 Å². The zero-order valence-corrected chi connectivity index (χ0v) is 13.1. The highest BCUT2D eigenvalue weighted by molar-refractivity contribution is 5.88. The smallest absolute Gasteiger partial charge is 0.322 e. The first-order valence-corrected chi connectivity index (χ1v) is 6.73. The van der Waals surface area contributed by atoms with Crippen LogP contribution in [0.15, 0.2) is 6.33 Å². The van der Waals surface area contributed by atoms with Crippen LogP contribution in [-0.2, 0) is 10.3 Å². The van der Waals surface area contributed by atoms with Crippen LogP contribution in [0.3, 0.4) is 0 Å². The number of carbonyl (C=O) groups excluding carboxylic acids is 1. The second-order valence-electron chi connectivity index (χ2n) is 6.52. The molecule has 0 aliphatic heterocycles. The second kappa shape index (κ2) is 6.11. The molecule has 1 rings (SSSR count). The largest absolute Gasteiger partial charge is 0.481 e. The Kier molecular flexibility index (Phi) is 4.93. The van der Waals surface area contributed by atoms with E-state index in [1.54, 1.807) is 18.5 Å². The van der Waals surface area contributed by atoms with E-state index in [0.717, 1.165) is 0 Å². The highest BCUT2D eigenvalue weighted by Crippen LogP contribution is 2.17. The molecular formula is C13H23N5O3. The molecule has 118 valence electrons. The van der Waals surface area contributed by atoms with E-state index < -0.39 is 17.5 Å². The van der Waals surface area contributed by atoms with Gasteiger partial charge in [0.15, 0.2) is 0 Å². The molecule has 0 aliphatic carbocycles. The van der Waals surface area contributed by atoms with Crippen LogP contribution in [0.5, 0.6) is 0 Å². The summed E-state index contributed by atoms with van der Waals surface area (Å²) in [4.78, 5) is 26.6. The monoisotopic (exact) mass is 297 g/mol. The molecular weight excluding hydrogens is 274 g/mol. The minimum Gasteiger partial charge on any atom is -0.481 e. The summed E-state index contributed by atoms with van der Waals surface area (Å²) in [5.74, 6) is -0.549. The Labute approximate surface area is 123 Å². The quantitative estimate of drug-likeness (QED) is 0.767. The Balaban J connectivity index is 2.66. The standard InChI is InChI=1S/C13H23N5O3/c1-12(2,3)18-10(14-8-15-18)16-11(21)17-13(4,5)7-6-9(19)20/h8H,6-7H2,1-5H3,(H,19,20)(H2,14,15,16,17,21). The molecule has 1 aromatic rings. The minimum absolute atomic E-state index is 0.00848. The fraction of sp³-hybridized carbons (Fsp3) is 0.692. The van der Waals surface area contributed by atoms with Crippen molar-refractivity contribution < 1.29 is 14.7 Å². The number of hydrogen-bond donors (Lipinski definition) is 3. The molecule has 0 fully saturated rings. The van der Waals surface area contributed by atoms with Crippen molar-refractivity contribution in [1.82, 2.24) is 20.1 Å². The summed E-state index contributed by atoms with van der Waals surface area (Å²) >= 11 is 0. The summed E-state index contributed by atoms with van der Waals surface area (Å²) in [6.07, 6.45) is 1.70. The van der Waals surface area contributed by atoms with E-state index in [1.807, 2.05) is 20.8 Å². The first-order chi connectivity index (χ1) is 9.51. The van der Waals surface area contributed by atoms with Gasteiger partial charge in [-0.1, -0.05) is 0 Å². The van der Waals surface area contributed by atoms with Crippen LogP contribution in [0.25, 0.3) is 0 Å². The third-order valence-corrected chi connectivity index (χ3v) is 2.82. The summed E-state index contributed by atoms with van der Waals surface area (Å²) in [6.45, 7) is 9.37. The van der Waals surface area contributed by atoms with Crippen LogP contribution in [0, 0.1) is 0 Å². The minimum atomic E-state index is -0.891. The molecule has 8 nitrogen and oxygen atoms in total. The third kappa shape index (κ3) is 5.41. The van der Waals surface area contributed by atoms with Gasteiger partial charge in [0.05, 0.1) is 5.54 Å². The van der Waals surface area contributed by atoms with E-state index in [2.05, 4.69) is 20.7 Å². The topological polar surface area (TPSA) is 109 Å². The maximum Gasteiger partial charge on any atom is 0.322 e. The summed E-state index contributed by atoms with van der Waals surface area (Å²) in [7, 11) is 0. The lowest BCUT2D eigenvalue weighted by Crippen LogP contribution is -2.46. The van der Waals surface area contributed by atoms with Crippen molar-refractivity contribution in [2.24, 2.45) is 0 Å². The second-order valence-corrected chi connectivity index (χ2v) is 6.52. The van der Waals surface area contributed by atoms with Crippen LogP contribution in [0.1, 0.15) is 47.5 Å². The molecule has 21 heavy (non-hydrogen) atoms. The van der Waals surface area contributed by atoms with Gasteiger partial charge in [0.25, 0.3) is 0 Å². The van der Waals surface area contributed by atoms with E-state index in [-0.39, 0.29) is 12.0 Å². The lowest BCUT2D eigenvalue weighted by Gasteiger charge is -2.26. The predicted molar refractivity (Wildman–Crippen MR) is 78.1 cm³/mol. The van der Waals surface area contributed by atoms with E-state index in [0.29, 0.717) is 12.4 Å². The number of nitrogens with zero attached hydrogens (tertiary/aromatic N) is 3. The molecule has 1 aromatic heterocycles. The van der Waals surface area contributed by atoms with Gasteiger partial charge in [-0.2, -0.15) is 10.1 Å². The molecule has 8 heteroatoms. The number of anilines is 1. The lowest BCUT2D eigenvalue weighted by molar-refractivity contribution is -0.137. The number of urea groups is 1. The van der Waals surface area contributed by atoms with Crippen molar-refractivity contribution in [1.29, 1.82) is 0 Å². The summed E-state index contributed by atoms with van der Waals surface area (Å²) in [5.41, 5.74) is -0.938. The number of rotatable bonds is 5. The van der Waals surface area contributed by atoms with Gasteiger partial charge < -0.3 is 10.4 Å². The Morgan fingerprint density at radius 3 is 2.43 bits per heavy atom. The number of amides is 2. The number of hydrogen-bond acceptors (Lipinski definition) is 4. The average molecular weight is 297 g/mol. The van der Waals surface area contributed by atoms with Crippen molar-refractivity contribution >= 4 is 17.9 Å². The number of nitrogens with one attached hydrogen (secondary N) is 2. The van der Waals surface area contributed by atoms with Crippen LogP contribution < -0.4 is 10.6 Å². The molecule has 0 aliphatic rings. The molecule has 0 atom stereocenters. The first-order valence-electron chi connectivity index (χ1n) is 6.73. The van der Waals surface area contributed by atoms with Crippen molar-refractivity contribution in [3.8, 4) is 0 Å². The molecule has 0 saturated carbocycles. The summed E-state index contributed by atoms with van der Waals surface area (Å²) < 4.78 is 1.61. The van der Waals surface area contributed by atoms with E-state index >= 15 is 0 Å². The normalized spacial score (nSPS) is 12.0. The van der Waals surface area contributed by atoms with Crippen molar-refractivity contribution in [2.75, 3.05) is 5.32 Å². The van der Waals surface area contributed by atoms with E-state index in [9.17, 15) is 9.59 Å². The number of carboxylic acid groups (broad SMARTS) is 1. The molecule has 0 aromatic carbocycles.